The predicted molar refractivity (Wildman–Crippen MR) is 98.8 cm³/mol. The number of carbonyl (C=O) groups is 1. The molecular formula is C17H16ClNO3S2. The van der Waals surface area contributed by atoms with Crippen LogP contribution in [0.1, 0.15) is 16.8 Å². The van der Waals surface area contributed by atoms with Crippen molar-refractivity contribution >= 4 is 44.8 Å². The minimum atomic E-state index is -2.94. The van der Waals surface area contributed by atoms with Crippen LogP contribution in [-0.2, 0) is 9.84 Å². The number of amides is 1. The maximum Gasteiger partial charge on any atom is 0.256 e. The molecule has 126 valence electrons. The molecule has 0 radical (unpaired) electrons. The number of nitrogens with one attached hydrogen (secondary N) is 1. The molecule has 1 atom stereocenters. The molecule has 4 nitrogen and oxygen atoms in total. The summed E-state index contributed by atoms with van der Waals surface area (Å²) in [6.45, 7) is 0. The van der Waals surface area contributed by atoms with Gasteiger partial charge in [0.1, 0.15) is 0 Å². The van der Waals surface area contributed by atoms with Crippen LogP contribution >= 0.6 is 23.4 Å². The topological polar surface area (TPSA) is 63.2 Å². The number of anilines is 1. The van der Waals surface area contributed by atoms with E-state index in [9.17, 15) is 13.2 Å². The monoisotopic (exact) mass is 381 g/mol. The van der Waals surface area contributed by atoms with Crippen molar-refractivity contribution in [3.05, 3.63) is 59.1 Å². The standard InChI is InChI=1S/C17H16ClNO3S2/c18-12-5-7-13(8-6-12)19-17(20)15-3-1-2-4-16(15)23-14-9-10-24(21,22)11-14/h1-8,14H,9-11H2,(H,19,20)/t14-/m0/s1. The van der Waals surface area contributed by atoms with Gasteiger partial charge in [0.25, 0.3) is 5.91 Å². The van der Waals surface area contributed by atoms with Gasteiger partial charge in [0.05, 0.1) is 17.1 Å². The number of rotatable bonds is 4. The number of carbonyl (C=O) groups excluding carboxylic acids is 1. The smallest absolute Gasteiger partial charge is 0.256 e. The molecule has 1 aliphatic heterocycles. The Morgan fingerprint density at radius 1 is 1.12 bits per heavy atom. The van der Waals surface area contributed by atoms with E-state index < -0.39 is 9.84 Å². The van der Waals surface area contributed by atoms with E-state index in [-0.39, 0.29) is 22.7 Å². The highest BCUT2D eigenvalue weighted by Gasteiger charge is 2.29. The van der Waals surface area contributed by atoms with Crippen molar-refractivity contribution in [2.24, 2.45) is 0 Å². The molecule has 0 aromatic heterocycles. The molecule has 0 bridgehead atoms. The minimum Gasteiger partial charge on any atom is -0.322 e. The summed E-state index contributed by atoms with van der Waals surface area (Å²) in [7, 11) is -2.94. The van der Waals surface area contributed by atoms with Gasteiger partial charge in [0.15, 0.2) is 9.84 Å². The van der Waals surface area contributed by atoms with Crippen LogP contribution in [0.5, 0.6) is 0 Å². The molecule has 2 aromatic rings. The van der Waals surface area contributed by atoms with E-state index >= 15 is 0 Å². The van der Waals surface area contributed by atoms with Gasteiger partial charge in [-0.2, -0.15) is 0 Å². The summed E-state index contributed by atoms with van der Waals surface area (Å²) in [5, 5.41) is 3.44. The van der Waals surface area contributed by atoms with Gasteiger partial charge in [0, 0.05) is 20.9 Å². The van der Waals surface area contributed by atoms with E-state index in [1.807, 2.05) is 12.1 Å². The Morgan fingerprint density at radius 2 is 1.83 bits per heavy atom. The molecule has 1 aliphatic rings. The quantitative estimate of drug-likeness (QED) is 0.873. The van der Waals surface area contributed by atoms with Crippen LogP contribution in [0.15, 0.2) is 53.4 Å². The lowest BCUT2D eigenvalue weighted by Gasteiger charge is -2.12. The Morgan fingerprint density at radius 3 is 2.50 bits per heavy atom. The first-order valence-electron chi connectivity index (χ1n) is 7.46. The minimum absolute atomic E-state index is 0.000480. The van der Waals surface area contributed by atoms with Crippen molar-refractivity contribution in [2.45, 2.75) is 16.6 Å². The van der Waals surface area contributed by atoms with Crippen LogP contribution in [0.25, 0.3) is 0 Å². The highest BCUT2D eigenvalue weighted by molar-refractivity contribution is 8.02. The van der Waals surface area contributed by atoms with Gasteiger partial charge < -0.3 is 5.32 Å². The maximum atomic E-state index is 12.5. The first kappa shape index (κ1) is 17.3. The number of thioether (sulfide) groups is 1. The molecule has 24 heavy (non-hydrogen) atoms. The number of hydrogen-bond acceptors (Lipinski definition) is 4. The highest BCUT2D eigenvalue weighted by atomic mass is 35.5. The summed E-state index contributed by atoms with van der Waals surface area (Å²) >= 11 is 7.30. The first-order chi connectivity index (χ1) is 11.4. The van der Waals surface area contributed by atoms with Crippen LogP contribution in [0, 0.1) is 0 Å². The summed E-state index contributed by atoms with van der Waals surface area (Å²) in [6, 6.07) is 14.1. The third-order valence-electron chi connectivity index (χ3n) is 3.72. The fraction of sp³-hybridized carbons (Fsp3) is 0.235. The summed E-state index contributed by atoms with van der Waals surface area (Å²) in [5.74, 6) is 0.176. The van der Waals surface area contributed by atoms with Crippen LogP contribution < -0.4 is 5.32 Å². The zero-order valence-corrected chi connectivity index (χ0v) is 15.1. The van der Waals surface area contributed by atoms with E-state index in [1.54, 1.807) is 36.4 Å². The molecule has 1 amide bonds. The fourth-order valence-electron chi connectivity index (χ4n) is 2.52. The Balaban J connectivity index is 1.76. The van der Waals surface area contributed by atoms with Gasteiger partial charge in [0.2, 0.25) is 0 Å². The summed E-state index contributed by atoms with van der Waals surface area (Å²) in [5.41, 5.74) is 1.20. The molecular weight excluding hydrogens is 366 g/mol. The van der Waals surface area contributed by atoms with Crippen LogP contribution in [0.4, 0.5) is 5.69 Å². The number of hydrogen-bond donors (Lipinski definition) is 1. The largest absolute Gasteiger partial charge is 0.322 e. The average molecular weight is 382 g/mol. The summed E-state index contributed by atoms with van der Waals surface area (Å²) in [6.07, 6.45) is 0.625. The third-order valence-corrected chi connectivity index (χ3v) is 7.29. The summed E-state index contributed by atoms with van der Waals surface area (Å²) < 4.78 is 23.2. The molecule has 0 unspecified atom stereocenters. The Bertz CT molecular complexity index is 850. The molecule has 3 rings (SSSR count). The van der Waals surface area contributed by atoms with Crippen molar-refractivity contribution < 1.29 is 13.2 Å². The lowest BCUT2D eigenvalue weighted by atomic mass is 10.2. The van der Waals surface area contributed by atoms with Crippen molar-refractivity contribution in [3.63, 3.8) is 0 Å². The summed E-state index contributed by atoms with van der Waals surface area (Å²) in [4.78, 5) is 13.3. The first-order valence-corrected chi connectivity index (χ1v) is 10.5. The fourth-order valence-corrected chi connectivity index (χ4v) is 6.27. The molecule has 0 saturated carbocycles. The SMILES string of the molecule is O=C(Nc1ccc(Cl)cc1)c1ccccc1S[C@H]1CCS(=O)(=O)C1. The average Bonchev–Trinajstić information content (AvgIpc) is 2.89. The van der Waals surface area contributed by atoms with Crippen molar-refractivity contribution in [2.75, 3.05) is 16.8 Å². The molecule has 0 aliphatic carbocycles. The van der Waals surface area contributed by atoms with Gasteiger partial charge >= 0.3 is 0 Å². The second kappa shape index (κ2) is 7.17. The number of halogens is 1. The molecule has 1 N–H and O–H groups in total. The number of sulfone groups is 1. The Labute approximate surface area is 150 Å². The van der Waals surface area contributed by atoms with Crippen LogP contribution in [0.2, 0.25) is 5.02 Å². The zero-order valence-electron chi connectivity index (χ0n) is 12.7. The molecule has 7 heteroatoms. The van der Waals surface area contributed by atoms with Crippen LogP contribution in [-0.4, -0.2) is 31.1 Å². The maximum absolute atomic E-state index is 12.5. The van der Waals surface area contributed by atoms with Crippen molar-refractivity contribution in [3.8, 4) is 0 Å². The molecule has 2 aromatic carbocycles. The Hall–Kier alpha value is -1.50. The normalized spacial score (nSPS) is 19.1. The molecule has 1 fully saturated rings. The number of benzene rings is 2. The highest BCUT2D eigenvalue weighted by Crippen LogP contribution is 2.33. The van der Waals surface area contributed by atoms with Gasteiger partial charge in [-0.25, -0.2) is 8.42 Å². The molecule has 0 spiro atoms. The van der Waals surface area contributed by atoms with E-state index in [0.29, 0.717) is 22.7 Å². The predicted octanol–water partition coefficient (Wildman–Crippen LogP) is 3.87. The van der Waals surface area contributed by atoms with Gasteiger partial charge in [-0.3, -0.25) is 4.79 Å². The van der Waals surface area contributed by atoms with Gasteiger partial charge in [-0.15, -0.1) is 11.8 Å². The lowest BCUT2D eigenvalue weighted by molar-refractivity contribution is 0.102. The van der Waals surface area contributed by atoms with Gasteiger partial charge in [-0.05, 0) is 42.8 Å². The van der Waals surface area contributed by atoms with Gasteiger partial charge in [-0.1, -0.05) is 23.7 Å². The van der Waals surface area contributed by atoms with Crippen LogP contribution in [0.3, 0.4) is 0 Å². The molecule has 1 heterocycles. The van der Waals surface area contributed by atoms with E-state index in [2.05, 4.69) is 5.32 Å². The van der Waals surface area contributed by atoms with E-state index in [4.69, 9.17) is 11.6 Å². The van der Waals surface area contributed by atoms with Crippen molar-refractivity contribution in [1.29, 1.82) is 0 Å². The van der Waals surface area contributed by atoms with Crippen molar-refractivity contribution in [1.82, 2.24) is 0 Å². The second-order valence-electron chi connectivity index (χ2n) is 5.60. The van der Waals surface area contributed by atoms with E-state index in [1.165, 1.54) is 11.8 Å². The third kappa shape index (κ3) is 4.32. The second-order valence-corrected chi connectivity index (χ2v) is 9.61. The Kier molecular flexibility index (Phi) is 5.18. The van der Waals surface area contributed by atoms with E-state index in [0.717, 1.165) is 4.90 Å². The molecule has 1 saturated heterocycles. The zero-order chi connectivity index (χ0) is 17.2. The lowest BCUT2D eigenvalue weighted by Crippen LogP contribution is -2.14.